The largest absolute Gasteiger partial charge is 0.391 e. The molecule has 0 aromatic carbocycles. The molecule has 2 heterocycles. The lowest BCUT2D eigenvalue weighted by atomic mass is 10.2. The van der Waals surface area contributed by atoms with Crippen molar-refractivity contribution in [2.75, 3.05) is 43.4 Å². The Kier molecular flexibility index (Phi) is 3.83. The molecule has 2 rings (SSSR count). The number of piperazine rings is 1. The highest BCUT2D eigenvalue weighted by Gasteiger charge is 2.22. The molecule has 5 N–H and O–H groups in total. The van der Waals surface area contributed by atoms with Gasteiger partial charge in [-0.05, 0) is 6.92 Å². The summed E-state index contributed by atoms with van der Waals surface area (Å²) in [4.78, 5) is 22.4. The first-order chi connectivity index (χ1) is 8.63. The number of nitrogens with zero attached hydrogens (tertiary/aromatic N) is 3. The van der Waals surface area contributed by atoms with E-state index in [2.05, 4.69) is 21.8 Å². The molecule has 100 valence electrons. The average molecular weight is 252 g/mol. The quantitative estimate of drug-likeness (QED) is 0.625. The predicted octanol–water partition coefficient (Wildman–Crippen LogP) is -1.18. The zero-order valence-electron chi connectivity index (χ0n) is 10.6. The van der Waals surface area contributed by atoms with Crippen LogP contribution in [0, 0.1) is 0 Å². The number of aromatic amines is 1. The minimum Gasteiger partial charge on any atom is -0.391 e. The molecule has 1 unspecified atom stereocenters. The van der Waals surface area contributed by atoms with E-state index in [-0.39, 0.29) is 11.2 Å². The van der Waals surface area contributed by atoms with E-state index >= 15 is 0 Å². The van der Waals surface area contributed by atoms with Crippen LogP contribution in [0.4, 0.5) is 11.5 Å². The Morgan fingerprint density at radius 2 is 2.11 bits per heavy atom. The highest BCUT2D eigenvalue weighted by atomic mass is 16.1. The van der Waals surface area contributed by atoms with Crippen LogP contribution < -0.4 is 21.9 Å². The number of H-pyrrole nitrogens is 1. The van der Waals surface area contributed by atoms with Crippen molar-refractivity contribution >= 4 is 11.5 Å². The molecule has 0 radical (unpaired) electrons. The molecule has 1 aromatic heterocycles. The van der Waals surface area contributed by atoms with E-state index < -0.39 is 0 Å². The minimum absolute atomic E-state index is 0.192. The number of nitrogens with one attached hydrogen (secondary N) is 1. The molecule has 1 saturated heterocycles. The molecule has 0 amide bonds. The summed E-state index contributed by atoms with van der Waals surface area (Å²) in [5.74, 6) is 0.582. The third-order valence-electron chi connectivity index (χ3n) is 3.45. The van der Waals surface area contributed by atoms with Crippen molar-refractivity contribution in [1.82, 2.24) is 14.9 Å². The van der Waals surface area contributed by atoms with Gasteiger partial charge in [0.15, 0.2) is 5.82 Å². The number of nitrogen functional groups attached to an aromatic ring is 1. The smallest absolute Gasteiger partial charge is 0.276 e. The van der Waals surface area contributed by atoms with Crippen molar-refractivity contribution in [3.63, 3.8) is 0 Å². The van der Waals surface area contributed by atoms with Gasteiger partial charge in [0, 0.05) is 38.8 Å². The minimum atomic E-state index is -0.280. The second-order valence-electron chi connectivity index (χ2n) is 4.58. The van der Waals surface area contributed by atoms with Crippen molar-refractivity contribution in [3.8, 4) is 0 Å². The maximum absolute atomic E-state index is 11.4. The van der Waals surface area contributed by atoms with Crippen molar-refractivity contribution in [2.24, 2.45) is 5.73 Å². The van der Waals surface area contributed by atoms with Gasteiger partial charge < -0.3 is 21.4 Å². The summed E-state index contributed by atoms with van der Waals surface area (Å²) in [5.41, 5.74) is 11.3. The van der Waals surface area contributed by atoms with Crippen molar-refractivity contribution < 1.29 is 0 Å². The first-order valence-electron chi connectivity index (χ1n) is 6.15. The summed E-state index contributed by atoms with van der Waals surface area (Å²) in [6, 6.07) is 0.386. The number of aromatic nitrogens is 2. The molecular formula is C11H20N6O. The lowest BCUT2D eigenvalue weighted by Crippen LogP contribution is -2.52. The number of anilines is 2. The van der Waals surface area contributed by atoms with Crippen molar-refractivity contribution in [3.05, 3.63) is 16.7 Å². The van der Waals surface area contributed by atoms with Crippen LogP contribution in [0.2, 0.25) is 0 Å². The van der Waals surface area contributed by atoms with Gasteiger partial charge in [0.2, 0.25) is 0 Å². The van der Waals surface area contributed by atoms with Crippen LogP contribution in [0.3, 0.4) is 0 Å². The zero-order chi connectivity index (χ0) is 13.1. The standard InChI is InChI=1S/C11H20N6O/c1-8(6-12)16-2-4-17(5-3-16)10-9(13)11(18)15-7-14-10/h7-8H,2-6,12-13H2,1H3,(H,14,15,18). The second kappa shape index (κ2) is 5.36. The maximum Gasteiger partial charge on any atom is 0.276 e. The summed E-state index contributed by atoms with van der Waals surface area (Å²) >= 11 is 0. The van der Waals surface area contributed by atoms with E-state index in [9.17, 15) is 4.79 Å². The van der Waals surface area contributed by atoms with Crippen LogP contribution in [0.5, 0.6) is 0 Å². The van der Waals surface area contributed by atoms with Gasteiger partial charge in [-0.25, -0.2) is 4.98 Å². The van der Waals surface area contributed by atoms with Gasteiger partial charge in [0.25, 0.3) is 5.56 Å². The molecule has 18 heavy (non-hydrogen) atoms. The van der Waals surface area contributed by atoms with Gasteiger partial charge >= 0.3 is 0 Å². The van der Waals surface area contributed by atoms with E-state index in [0.29, 0.717) is 18.4 Å². The van der Waals surface area contributed by atoms with E-state index in [1.807, 2.05) is 4.90 Å². The molecule has 7 heteroatoms. The molecule has 0 bridgehead atoms. The van der Waals surface area contributed by atoms with E-state index in [1.165, 1.54) is 6.33 Å². The highest BCUT2D eigenvalue weighted by Crippen LogP contribution is 2.17. The molecule has 1 aromatic rings. The first kappa shape index (κ1) is 12.8. The first-order valence-corrected chi connectivity index (χ1v) is 6.15. The van der Waals surface area contributed by atoms with Crippen LogP contribution in [0.25, 0.3) is 0 Å². The molecule has 1 aliphatic rings. The highest BCUT2D eigenvalue weighted by molar-refractivity contribution is 5.61. The molecular weight excluding hydrogens is 232 g/mol. The lowest BCUT2D eigenvalue weighted by molar-refractivity contribution is 0.201. The summed E-state index contributed by atoms with van der Waals surface area (Å²) < 4.78 is 0. The maximum atomic E-state index is 11.4. The monoisotopic (exact) mass is 252 g/mol. The van der Waals surface area contributed by atoms with Gasteiger partial charge in [-0.2, -0.15) is 0 Å². The Bertz CT molecular complexity index is 451. The van der Waals surface area contributed by atoms with E-state index in [1.54, 1.807) is 0 Å². The second-order valence-corrected chi connectivity index (χ2v) is 4.58. The fourth-order valence-electron chi connectivity index (χ4n) is 2.18. The Morgan fingerprint density at radius 1 is 1.44 bits per heavy atom. The molecule has 1 fully saturated rings. The molecule has 1 atom stereocenters. The average Bonchev–Trinajstić information content (AvgIpc) is 2.41. The van der Waals surface area contributed by atoms with Gasteiger partial charge in [0.1, 0.15) is 5.69 Å². The van der Waals surface area contributed by atoms with Crippen LogP contribution in [0.1, 0.15) is 6.92 Å². The van der Waals surface area contributed by atoms with Crippen LogP contribution in [-0.2, 0) is 0 Å². The normalized spacial score (nSPS) is 18.9. The molecule has 0 spiro atoms. The fraction of sp³-hybridized carbons (Fsp3) is 0.636. The summed E-state index contributed by atoms with van der Waals surface area (Å²) in [6.45, 7) is 6.22. The van der Waals surface area contributed by atoms with Crippen LogP contribution in [-0.4, -0.2) is 53.6 Å². The lowest BCUT2D eigenvalue weighted by Gasteiger charge is -2.38. The Hall–Kier alpha value is -1.60. The van der Waals surface area contributed by atoms with Crippen LogP contribution in [0.15, 0.2) is 11.1 Å². The molecule has 1 aliphatic heterocycles. The Morgan fingerprint density at radius 3 is 2.72 bits per heavy atom. The van der Waals surface area contributed by atoms with Crippen molar-refractivity contribution in [1.29, 1.82) is 0 Å². The third-order valence-corrected chi connectivity index (χ3v) is 3.45. The van der Waals surface area contributed by atoms with Gasteiger partial charge in [0.05, 0.1) is 6.33 Å². The molecule has 0 aliphatic carbocycles. The third kappa shape index (κ3) is 2.46. The number of nitrogens with two attached hydrogens (primary N) is 2. The Balaban J connectivity index is 2.06. The van der Waals surface area contributed by atoms with E-state index in [0.717, 1.165) is 26.2 Å². The van der Waals surface area contributed by atoms with Gasteiger partial charge in [-0.1, -0.05) is 0 Å². The zero-order valence-corrected chi connectivity index (χ0v) is 10.6. The molecule has 7 nitrogen and oxygen atoms in total. The molecule has 0 saturated carbocycles. The topological polar surface area (TPSA) is 104 Å². The Labute approximate surface area is 106 Å². The fourth-order valence-corrected chi connectivity index (χ4v) is 2.18. The summed E-state index contributed by atoms with van der Waals surface area (Å²) in [6.07, 6.45) is 1.39. The predicted molar refractivity (Wildman–Crippen MR) is 71.6 cm³/mol. The van der Waals surface area contributed by atoms with Gasteiger partial charge in [-0.15, -0.1) is 0 Å². The summed E-state index contributed by atoms with van der Waals surface area (Å²) in [7, 11) is 0. The number of hydrogen-bond donors (Lipinski definition) is 3. The summed E-state index contributed by atoms with van der Waals surface area (Å²) in [5, 5.41) is 0. The van der Waals surface area contributed by atoms with Crippen molar-refractivity contribution in [2.45, 2.75) is 13.0 Å². The van der Waals surface area contributed by atoms with Gasteiger partial charge in [-0.3, -0.25) is 9.69 Å². The number of rotatable bonds is 3. The van der Waals surface area contributed by atoms with E-state index in [4.69, 9.17) is 11.5 Å². The SMILES string of the molecule is CC(CN)N1CCN(c2nc[nH]c(=O)c2N)CC1. The number of hydrogen-bond acceptors (Lipinski definition) is 6. The van der Waals surface area contributed by atoms with Crippen LogP contribution >= 0.6 is 0 Å².